The van der Waals surface area contributed by atoms with Gasteiger partial charge in [0, 0.05) is 28.9 Å². The van der Waals surface area contributed by atoms with E-state index >= 15 is 0 Å². The fourth-order valence-electron chi connectivity index (χ4n) is 2.56. The van der Waals surface area contributed by atoms with Gasteiger partial charge in [-0.3, -0.25) is 4.79 Å². The third kappa shape index (κ3) is 2.55. The van der Waals surface area contributed by atoms with Gasteiger partial charge >= 0.3 is 0 Å². The molecule has 0 spiro atoms. The molecule has 0 bridgehead atoms. The second-order valence-electron chi connectivity index (χ2n) is 5.08. The van der Waals surface area contributed by atoms with Gasteiger partial charge in [0.05, 0.1) is 12.7 Å². The average molecular weight is 294 g/mol. The zero-order chi connectivity index (χ0) is 15.5. The van der Waals surface area contributed by atoms with Gasteiger partial charge in [-0.05, 0) is 30.2 Å². The number of benzene rings is 2. The van der Waals surface area contributed by atoms with Gasteiger partial charge in [-0.2, -0.15) is 0 Å². The summed E-state index contributed by atoms with van der Waals surface area (Å²) < 4.78 is 5.20. The molecule has 0 saturated carbocycles. The third-order valence-corrected chi connectivity index (χ3v) is 3.78. The zero-order valence-electron chi connectivity index (χ0n) is 12.6. The van der Waals surface area contributed by atoms with Crippen LogP contribution in [0.1, 0.15) is 22.8 Å². The molecule has 0 atom stereocenters. The van der Waals surface area contributed by atoms with Crippen molar-refractivity contribution in [2.24, 2.45) is 0 Å². The first-order valence-corrected chi connectivity index (χ1v) is 7.27. The monoisotopic (exact) mass is 294 g/mol. The van der Waals surface area contributed by atoms with Crippen molar-refractivity contribution in [3.05, 3.63) is 59.8 Å². The van der Waals surface area contributed by atoms with E-state index in [4.69, 9.17) is 4.74 Å². The van der Waals surface area contributed by atoms with Crippen LogP contribution in [0.5, 0.6) is 5.75 Å². The molecule has 4 nitrogen and oxygen atoms in total. The molecule has 3 rings (SSSR count). The minimum absolute atomic E-state index is 0.114. The van der Waals surface area contributed by atoms with E-state index in [2.05, 4.69) is 17.2 Å². The minimum Gasteiger partial charge on any atom is -0.497 e. The fraction of sp³-hybridized carbons (Fsp3) is 0.167. The van der Waals surface area contributed by atoms with Crippen molar-refractivity contribution < 1.29 is 9.53 Å². The fourth-order valence-corrected chi connectivity index (χ4v) is 2.56. The molecule has 0 unspecified atom stereocenters. The molecule has 0 radical (unpaired) electrons. The SMILES string of the molecule is CCc1ccccc1NC(=O)c1c[nH]c2cc(OC)ccc12. The molecular weight excluding hydrogens is 276 g/mol. The zero-order valence-corrected chi connectivity index (χ0v) is 12.6. The Morgan fingerprint density at radius 3 is 2.82 bits per heavy atom. The number of hydrogen-bond acceptors (Lipinski definition) is 2. The first kappa shape index (κ1) is 14.2. The summed E-state index contributed by atoms with van der Waals surface area (Å²) in [7, 11) is 1.62. The molecule has 4 heteroatoms. The van der Waals surface area contributed by atoms with Crippen LogP contribution in [-0.4, -0.2) is 18.0 Å². The highest BCUT2D eigenvalue weighted by Crippen LogP contribution is 2.24. The maximum Gasteiger partial charge on any atom is 0.257 e. The number of methoxy groups -OCH3 is 1. The predicted octanol–water partition coefficient (Wildman–Crippen LogP) is 3.99. The Labute approximate surface area is 129 Å². The number of H-pyrrole nitrogens is 1. The van der Waals surface area contributed by atoms with E-state index in [0.717, 1.165) is 34.3 Å². The topological polar surface area (TPSA) is 54.1 Å². The molecule has 0 aliphatic carbocycles. The Bertz CT molecular complexity index is 821. The number of anilines is 1. The van der Waals surface area contributed by atoms with Gasteiger partial charge in [0.2, 0.25) is 0 Å². The number of amides is 1. The number of nitrogens with one attached hydrogen (secondary N) is 2. The van der Waals surface area contributed by atoms with Crippen LogP contribution in [0.3, 0.4) is 0 Å². The number of aromatic amines is 1. The normalized spacial score (nSPS) is 10.6. The molecule has 2 N–H and O–H groups in total. The standard InChI is InChI=1S/C18H18N2O2/c1-3-12-6-4-5-7-16(12)20-18(21)15-11-19-17-10-13(22-2)8-9-14(15)17/h4-11,19H,3H2,1-2H3,(H,20,21). The van der Waals surface area contributed by atoms with Crippen LogP contribution < -0.4 is 10.1 Å². The highest BCUT2D eigenvalue weighted by atomic mass is 16.5. The summed E-state index contributed by atoms with van der Waals surface area (Å²) in [5.41, 5.74) is 3.49. The van der Waals surface area contributed by atoms with E-state index < -0.39 is 0 Å². The van der Waals surface area contributed by atoms with E-state index in [-0.39, 0.29) is 5.91 Å². The Hall–Kier alpha value is -2.75. The molecule has 1 amide bonds. The Balaban J connectivity index is 1.92. The molecule has 0 aliphatic heterocycles. The molecule has 0 saturated heterocycles. The number of fused-ring (bicyclic) bond motifs is 1. The van der Waals surface area contributed by atoms with E-state index in [1.54, 1.807) is 13.3 Å². The van der Waals surface area contributed by atoms with Crippen LogP contribution in [0.4, 0.5) is 5.69 Å². The van der Waals surface area contributed by atoms with E-state index in [9.17, 15) is 4.79 Å². The van der Waals surface area contributed by atoms with Gasteiger partial charge in [0.15, 0.2) is 0 Å². The van der Waals surface area contributed by atoms with Crippen LogP contribution in [0.15, 0.2) is 48.7 Å². The highest BCUT2D eigenvalue weighted by Gasteiger charge is 2.13. The highest BCUT2D eigenvalue weighted by molar-refractivity contribution is 6.13. The number of carbonyl (C=O) groups excluding carboxylic acids is 1. The molecule has 3 aromatic rings. The van der Waals surface area contributed by atoms with Crippen LogP contribution >= 0.6 is 0 Å². The maximum atomic E-state index is 12.5. The number of aromatic nitrogens is 1. The van der Waals surface area contributed by atoms with Gasteiger partial charge in [0.25, 0.3) is 5.91 Å². The lowest BCUT2D eigenvalue weighted by atomic mass is 10.1. The molecule has 22 heavy (non-hydrogen) atoms. The van der Waals surface area contributed by atoms with Gasteiger partial charge in [-0.25, -0.2) is 0 Å². The molecular formula is C18H18N2O2. The summed E-state index contributed by atoms with van der Waals surface area (Å²) >= 11 is 0. The van der Waals surface area contributed by atoms with Crippen LogP contribution in [-0.2, 0) is 6.42 Å². The van der Waals surface area contributed by atoms with Crippen molar-refractivity contribution in [1.82, 2.24) is 4.98 Å². The second kappa shape index (κ2) is 5.93. The van der Waals surface area contributed by atoms with Crippen molar-refractivity contribution >= 4 is 22.5 Å². The summed E-state index contributed by atoms with van der Waals surface area (Å²) in [5, 5.41) is 3.88. The first-order chi connectivity index (χ1) is 10.7. The smallest absolute Gasteiger partial charge is 0.257 e. The second-order valence-corrected chi connectivity index (χ2v) is 5.08. The summed E-state index contributed by atoms with van der Waals surface area (Å²) in [5.74, 6) is 0.648. The average Bonchev–Trinajstić information content (AvgIpc) is 2.98. The lowest BCUT2D eigenvalue weighted by Gasteiger charge is -2.09. The number of para-hydroxylation sites is 1. The van der Waals surface area contributed by atoms with Crippen LogP contribution in [0.2, 0.25) is 0 Å². The van der Waals surface area contributed by atoms with Gasteiger partial charge in [-0.15, -0.1) is 0 Å². The molecule has 1 heterocycles. The van der Waals surface area contributed by atoms with Crippen molar-refractivity contribution in [1.29, 1.82) is 0 Å². The third-order valence-electron chi connectivity index (χ3n) is 3.78. The van der Waals surface area contributed by atoms with Gasteiger partial charge in [0.1, 0.15) is 5.75 Å². The Morgan fingerprint density at radius 1 is 1.23 bits per heavy atom. The molecule has 0 aliphatic rings. The van der Waals surface area contributed by atoms with Crippen molar-refractivity contribution in [2.75, 3.05) is 12.4 Å². The number of rotatable bonds is 4. The maximum absolute atomic E-state index is 12.5. The van der Waals surface area contributed by atoms with Crippen molar-refractivity contribution in [2.45, 2.75) is 13.3 Å². The molecule has 2 aromatic carbocycles. The molecule has 1 aromatic heterocycles. The Morgan fingerprint density at radius 2 is 2.05 bits per heavy atom. The van der Waals surface area contributed by atoms with Crippen LogP contribution in [0.25, 0.3) is 10.9 Å². The Kier molecular flexibility index (Phi) is 3.83. The number of aryl methyl sites for hydroxylation is 1. The van der Waals surface area contributed by atoms with Gasteiger partial charge < -0.3 is 15.0 Å². The lowest BCUT2D eigenvalue weighted by molar-refractivity contribution is 0.102. The first-order valence-electron chi connectivity index (χ1n) is 7.27. The summed E-state index contributed by atoms with van der Waals surface area (Å²) in [4.78, 5) is 15.7. The summed E-state index contributed by atoms with van der Waals surface area (Å²) in [6, 6.07) is 13.5. The quantitative estimate of drug-likeness (QED) is 0.764. The molecule has 112 valence electrons. The number of hydrogen-bond donors (Lipinski definition) is 2. The summed E-state index contributed by atoms with van der Waals surface area (Å²) in [6.45, 7) is 2.07. The summed E-state index contributed by atoms with van der Waals surface area (Å²) in [6.07, 6.45) is 2.61. The van der Waals surface area contributed by atoms with Gasteiger partial charge in [-0.1, -0.05) is 25.1 Å². The largest absolute Gasteiger partial charge is 0.497 e. The van der Waals surface area contributed by atoms with Crippen molar-refractivity contribution in [3.63, 3.8) is 0 Å². The number of ether oxygens (including phenoxy) is 1. The lowest BCUT2D eigenvalue weighted by Crippen LogP contribution is -2.12. The van der Waals surface area contributed by atoms with E-state index in [0.29, 0.717) is 5.56 Å². The van der Waals surface area contributed by atoms with Crippen molar-refractivity contribution in [3.8, 4) is 5.75 Å². The van der Waals surface area contributed by atoms with E-state index in [1.807, 2.05) is 42.5 Å². The molecule has 0 fully saturated rings. The number of carbonyl (C=O) groups is 1. The predicted molar refractivity (Wildman–Crippen MR) is 88.6 cm³/mol. The van der Waals surface area contributed by atoms with Crippen LogP contribution in [0, 0.1) is 0 Å². The van der Waals surface area contributed by atoms with E-state index in [1.165, 1.54) is 0 Å². The minimum atomic E-state index is -0.114.